The number of morpholine rings is 1. The van der Waals surface area contributed by atoms with E-state index in [0.29, 0.717) is 13.1 Å². The van der Waals surface area contributed by atoms with E-state index < -0.39 is 5.97 Å². The van der Waals surface area contributed by atoms with Gasteiger partial charge in [0.15, 0.2) is 0 Å². The van der Waals surface area contributed by atoms with E-state index in [1.807, 2.05) is 12.1 Å². The lowest BCUT2D eigenvalue weighted by molar-refractivity contribution is -0.00546. The highest BCUT2D eigenvalue weighted by Crippen LogP contribution is 2.18. The molecule has 0 saturated carbocycles. The topological polar surface area (TPSA) is 104 Å². The lowest BCUT2D eigenvalue weighted by atomic mass is 10.1. The predicted molar refractivity (Wildman–Crippen MR) is 109 cm³/mol. The van der Waals surface area contributed by atoms with Crippen LogP contribution in [0.4, 0.5) is 10.6 Å². The fraction of sp³-hybridized carbons (Fsp3) is 0.381. The first-order chi connectivity index (χ1) is 13.9. The molecule has 0 radical (unpaired) electrons. The van der Waals surface area contributed by atoms with E-state index >= 15 is 0 Å². The van der Waals surface area contributed by atoms with E-state index in [2.05, 4.69) is 34.4 Å². The fourth-order valence-electron chi connectivity index (χ4n) is 3.27. The van der Waals surface area contributed by atoms with Gasteiger partial charge in [-0.2, -0.15) is 0 Å². The molecule has 2 heterocycles. The molecule has 29 heavy (non-hydrogen) atoms. The van der Waals surface area contributed by atoms with Crippen LogP contribution < -0.4 is 15.5 Å². The van der Waals surface area contributed by atoms with Crippen molar-refractivity contribution in [2.24, 2.45) is 0 Å². The van der Waals surface area contributed by atoms with Crippen LogP contribution in [0.3, 0.4) is 0 Å². The van der Waals surface area contributed by atoms with Gasteiger partial charge in [0.25, 0.3) is 0 Å². The molecule has 8 heteroatoms. The standard InChI is InChI=1S/C21H26N4O4/c1-14-12-25(13-15(2)29-14)19-8-5-17(10-22-19)11-24-21(28)23-9-16-3-6-18(7-4-16)20(26)27/h3-8,10,14-15H,9,11-13H2,1-2H3,(H,26,27)(H2,23,24,28). The second kappa shape index (κ2) is 9.38. The molecule has 1 aromatic carbocycles. The van der Waals surface area contributed by atoms with Crippen molar-refractivity contribution in [2.75, 3.05) is 18.0 Å². The number of pyridine rings is 1. The van der Waals surface area contributed by atoms with E-state index in [4.69, 9.17) is 9.84 Å². The zero-order chi connectivity index (χ0) is 20.8. The van der Waals surface area contributed by atoms with Gasteiger partial charge in [-0.25, -0.2) is 14.6 Å². The summed E-state index contributed by atoms with van der Waals surface area (Å²) < 4.78 is 5.75. The Morgan fingerprint density at radius 3 is 2.17 bits per heavy atom. The quantitative estimate of drug-likeness (QED) is 0.690. The number of aromatic nitrogens is 1. The summed E-state index contributed by atoms with van der Waals surface area (Å²) in [4.78, 5) is 29.6. The minimum absolute atomic E-state index is 0.172. The highest BCUT2D eigenvalue weighted by atomic mass is 16.5. The maximum atomic E-state index is 12.0. The third-order valence-electron chi connectivity index (χ3n) is 4.66. The number of carbonyl (C=O) groups excluding carboxylic acids is 1. The SMILES string of the molecule is CC1CN(c2ccc(CNC(=O)NCc3ccc(C(=O)O)cc3)cn2)CC(C)O1. The molecule has 3 rings (SSSR count). The van der Waals surface area contributed by atoms with Gasteiger partial charge in [0.05, 0.1) is 17.8 Å². The van der Waals surface area contributed by atoms with E-state index in [1.165, 1.54) is 12.1 Å². The molecule has 2 unspecified atom stereocenters. The van der Waals surface area contributed by atoms with Crippen LogP contribution in [0, 0.1) is 0 Å². The maximum absolute atomic E-state index is 12.0. The van der Waals surface area contributed by atoms with Gasteiger partial charge in [-0.1, -0.05) is 18.2 Å². The first kappa shape index (κ1) is 20.6. The lowest BCUT2D eigenvalue weighted by Gasteiger charge is -2.36. The van der Waals surface area contributed by atoms with Gasteiger partial charge < -0.3 is 25.4 Å². The summed E-state index contributed by atoms with van der Waals surface area (Å²) >= 11 is 0. The van der Waals surface area contributed by atoms with Crippen molar-refractivity contribution in [1.29, 1.82) is 0 Å². The van der Waals surface area contributed by atoms with Crippen LogP contribution in [0.15, 0.2) is 42.6 Å². The summed E-state index contributed by atoms with van der Waals surface area (Å²) in [6.45, 7) is 6.42. The molecule has 1 saturated heterocycles. The predicted octanol–water partition coefficient (Wildman–Crippen LogP) is 2.39. The van der Waals surface area contributed by atoms with Crippen molar-refractivity contribution in [2.45, 2.75) is 39.1 Å². The van der Waals surface area contributed by atoms with Crippen molar-refractivity contribution in [1.82, 2.24) is 15.6 Å². The molecule has 1 fully saturated rings. The van der Waals surface area contributed by atoms with Crippen LogP contribution in [0.2, 0.25) is 0 Å². The Bertz CT molecular complexity index is 829. The van der Waals surface area contributed by atoms with E-state index in [9.17, 15) is 9.59 Å². The third-order valence-corrected chi connectivity index (χ3v) is 4.66. The minimum atomic E-state index is -0.973. The zero-order valence-electron chi connectivity index (χ0n) is 16.6. The van der Waals surface area contributed by atoms with E-state index in [1.54, 1.807) is 18.3 Å². The average molecular weight is 398 g/mol. The number of nitrogens with zero attached hydrogens (tertiary/aromatic N) is 2. The molecule has 1 aromatic heterocycles. The molecule has 1 aliphatic rings. The van der Waals surface area contributed by atoms with Crippen LogP contribution in [-0.2, 0) is 17.8 Å². The largest absolute Gasteiger partial charge is 0.478 e. The number of urea groups is 1. The molecule has 3 N–H and O–H groups in total. The van der Waals surface area contributed by atoms with Crippen LogP contribution in [0.25, 0.3) is 0 Å². The number of carboxylic acid groups (broad SMARTS) is 1. The Balaban J connectivity index is 1.44. The smallest absolute Gasteiger partial charge is 0.335 e. The first-order valence-corrected chi connectivity index (χ1v) is 9.60. The highest BCUT2D eigenvalue weighted by Gasteiger charge is 2.22. The molecular weight excluding hydrogens is 372 g/mol. The fourth-order valence-corrected chi connectivity index (χ4v) is 3.27. The Kier molecular flexibility index (Phi) is 6.66. The van der Waals surface area contributed by atoms with Gasteiger partial charge >= 0.3 is 12.0 Å². The Morgan fingerprint density at radius 1 is 1.03 bits per heavy atom. The van der Waals surface area contributed by atoms with Crippen molar-refractivity contribution < 1.29 is 19.4 Å². The van der Waals surface area contributed by atoms with Gasteiger partial charge in [0.1, 0.15) is 5.82 Å². The number of ether oxygens (including phenoxy) is 1. The van der Waals surface area contributed by atoms with Crippen molar-refractivity contribution in [3.05, 3.63) is 59.3 Å². The van der Waals surface area contributed by atoms with Crippen LogP contribution in [0.5, 0.6) is 0 Å². The molecule has 1 aliphatic heterocycles. The molecule has 2 atom stereocenters. The van der Waals surface area contributed by atoms with Crippen molar-refractivity contribution in [3.63, 3.8) is 0 Å². The van der Waals surface area contributed by atoms with E-state index in [0.717, 1.165) is 30.0 Å². The summed E-state index contributed by atoms with van der Waals surface area (Å²) in [6, 6.07) is 10.0. The Morgan fingerprint density at radius 2 is 1.62 bits per heavy atom. The number of carbonyl (C=O) groups is 2. The van der Waals surface area contributed by atoms with Crippen LogP contribution in [0.1, 0.15) is 35.3 Å². The molecule has 0 spiro atoms. The van der Waals surface area contributed by atoms with Gasteiger partial charge in [-0.3, -0.25) is 0 Å². The summed E-state index contributed by atoms with van der Waals surface area (Å²) in [7, 11) is 0. The minimum Gasteiger partial charge on any atom is -0.478 e. The number of benzene rings is 1. The average Bonchev–Trinajstić information content (AvgIpc) is 2.70. The summed E-state index contributed by atoms with van der Waals surface area (Å²) in [6.07, 6.45) is 2.11. The van der Waals surface area contributed by atoms with Crippen LogP contribution in [-0.4, -0.2) is 47.4 Å². The summed E-state index contributed by atoms with van der Waals surface area (Å²) in [5.41, 5.74) is 1.95. The lowest BCUT2D eigenvalue weighted by Crippen LogP contribution is -2.45. The van der Waals surface area contributed by atoms with E-state index in [-0.39, 0.29) is 23.8 Å². The van der Waals surface area contributed by atoms with Crippen molar-refractivity contribution in [3.8, 4) is 0 Å². The Hall–Kier alpha value is -3.13. The molecular formula is C21H26N4O4. The number of anilines is 1. The zero-order valence-corrected chi connectivity index (χ0v) is 16.6. The second-order valence-corrected chi connectivity index (χ2v) is 7.23. The molecule has 0 bridgehead atoms. The highest BCUT2D eigenvalue weighted by molar-refractivity contribution is 5.87. The number of nitrogens with one attached hydrogen (secondary N) is 2. The summed E-state index contributed by atoms with van der Waals surface area (Å²) in [5.74, 6) is -0.0652. The number of carboxylic acids is 1. The number of hydrogen-bond acceptors (Lipinski definition) is 5. The van der Waals surface area contributed by atoms with Gasteiger partial charge in [-0.05, 0) is 43.2 Å². The molecule has 0 aliphatic carbocycles. The number of amides is 2. The number of hydrogen-bond donors (Lipinski definition) is 3. The molecule has 2 aromatic rings. The Labute approximate surface area is 169 Å². The molecule has 2 amide bonds. The first-order valence-electron chi connectivity index (χ1n) is 9.60. The van der Waals surface area contributed by atoms with Gasteiger partial charge in [0, 0.05) is 32.4 Å². The number of rotatable bonds is 6. The molecule has 8 nitrogen and oxygen atoms in total. The van der Waals surface area contributed by atoms with Gasteiger partial charge in [-0.15, -0.1) is 0 Å². The monoisotopic (exact) mass is 398 g/mol. The van der Waals surface area contributed by atoms with Gasteiger partial charge in [0.2, 0.25) is 0 Å². The van der Waals surface area contributed by atoms with Crippen LogP contribution >= 0.6 is 0 Å². The molecule has 154 valence electrons. The summed E-state index contributed by atoms with van der Waals surface area (Å²) in [5, 5.41) is 14.4. The van der Waals surface area contributed by atoms with Crippen molar-refractivity contribution >= 4 is 17.8 Å². The second-order valence-electron chi connectivity index (χ2n) is 7.23. The maximum Gasteiger partial charge on any atom is 0.335 e. The third kappa shape index (κ3) is 5.92. The normalized spacial score (nSPS) is 18.9. The number of aromatic carboxylic acids is 1.